The summed E-state index contributed by atoms with van der Waals surface area (Å²) >= 11 is 0. The lowest BCUT2D eigenvalue weighted by Gasteiger charge is -2.17. The molecule has 3 nitrogen and oxygen atoms in total. The number of methoxy groups -OCH3 is 1. The number of nitrogens with zero attached hydrogens (tertiary/aromatic N) is 1. The normalized spacial score (nSPS) is 14.2. The van der Waals surface area contributed by atoms with Gasteiger partial charge in [0, 0.05) is 18.8 Å². The molecule has 0 unspecified atom stereocenters. The molecule has 0 aromatic heterocycles. The highest BCUT2D eigenvalue weighted by molar-refractivity contribution is 5.91. The molecule has 108 valence electrons. The van der Waals surface area contributed by atoms with Gasteiger partial charge in [0.15, 0.2) is 0 Å². The smallest absolute Gasteiger partial charge is 0.337 e. The summed E-state index contributed by atoms with van der Waals surface area (Å²) in [5.41, 5.74) is 4.01. The zero-order chi connectivity index (χ0) is 14.7. The van der Waals surface area contributed by atoms with E-state index in [0.29, 0.717) is 5.56 Å². The van der Waals surface area contributed by atoms with E-state index >= 15 is 0 Å². The molecule has 0 spiro atoms. The Morgan fingerprint density at radius 1 is 1.00 bits per heavy atom. The van der Waals surface area contributed by atoms with Crippen molar-refractivity contribution in [1.29, 1.82) is 0 Å². The molecule has 0 radical (unpaired) electrons. The van der Waals surface area contributed by atoms with E-state index in [9.17, 15) is 4.79 Å². The molecule has 1 saturated heterocycles. The van der Waals surface area contributed by atoms with Crippen molar-refractivity contribution in [2.45, 2.75) is 12.8 Å². The first-order valence-corrected chi connectivity index (χ1v) is 7.32. The molecule has 2 aromatic carbocycles. The predicted molar refractivity (Wildman–Crippen MR) is 84.7 cm³/mol. The number of carbonyl (C=O) groups excluding carboxylic acids is 1. The average molecular weight is 281 g/mol. The monoisotopic (exact) mass is 281 g/mol. The number of ether oxygens (including phenoxy) is 1. The van der Waals surface area contributed by atoms with Crippen LogP contribution in [0.5, 0.6) is 0 Å². The molecule has 3 heteroatoms. The molecule has 3 rings (SSSR count). The molecule has 0 atom stereocenters. The zero-order valence-electron chi connectivity index (χ0n) is 12.2. The van der Waals surface area contributed by atoms with Crippen LogP contribution >= 0.6 is 0 Å². The Morgan fingerprint density at radius 3 is 2.38 bits per heavy atom. The molecule has 1 aliphatic heterocycles. The summed E-state index contributed by atoms with van der Waals surface area (Å²) in [7, 11) is 1.40. The summed E-state index contributed by atoms with van der Waals surface area (Å²) in [4.78, 5) is 14.0. The van der Waals surface area contributed by atoms with E-state index in [4.69, 9.17) is 4.74 Å². The minimum atomic E-state index is -0.300. The molecule has 0 aliphatic carbocycles. The summed E-state index contributed by atoms with van der Waals surface area (Å²) in [5, 5.41) is 0. The summed E-state index contributed by atoms with van der Waals surface area (Å²) in [6, 6.07) is 16.1. The van der Waals surface area contributed by atoms with Crippen LogP contribution in [0.25, 0.3) is 11.1 Å². The summed E-state index contributed by atoms with van der Waals surface area (Å²) in [6.07, 6.45) is 2.56. The van der Waals surface area contributed by atoms with Gasteiger partial charge in [0.25, 0.3) is 0 Å². The number of carbonyl (C=O) groups is 1. The predicted octanol–water partition coefficient (Wildman–Crippen LogP) is 3.74. The second-order valence-corrected chi connectivity index (χ2v) is 5.31. The van der Waals surface area contributed by atoms with Crippen molar-refractivity contribution in [1.82, 2.24) is 0 Å². The lowest BCUT2D eigenvalue weighted by atomic mass is 10.0. The Hall–Kier alpha value is -2.29. The largest absolute Gasteiger partial charge is 0.465 e. The van der Waals surface area contributed by atoms with Crippen LogP contribution in [0.1, 0.15) is 23.2 Å². The van der Waals surface area contributed by atoms with Gasteiger partial charge in [-0.25, -0.2) is 4.79 Å². The third kappa shape index (κ3) is 2.92. The molecular formula is C18H19NO2. The van der Waals surface area contributed by atoms with Crippen molar-refractivity contribution < 1.29 is 9.53 Å². The summed E-state index contributed by atoms with van der Waals surface area (Å²) < 4.78 is 4.77. The van der Waals surface area contributed by atoms with Gasteiger partial charge in [-0.2, -0.15) is 0 Å². The van der Waals surface area contributed by atoms with Crippen LogP contribution in [0.2, 0.25) is 0 Å². The first-order chi connectivity index (χ1) is 10.3. The topological polar surface area (TPSA) is 29.5 Å². The fourth-order valence-corrected chi connectivity index (χ4v) is 2.78. The van der Waals surface area contributed by atoms with Gasteiger partial charge in [-0.3, -0.25) is 0 Å². The number of hydrogen-bond acceptors (Lipinski definition) is 3. The SMILES string of the molecule is COC(=O)c1cccc(-c2ccc(N3CCCC3)cc2)c1. The molecule has 2 aromatic rings. The minimum Gasteiger partial charge on any atom is -0.465 e. The van der Waals surface area contributed by atoms with Gasteiger partial charge in [0.2, 0.25) is 0 Å². The van der Waals surface area contributed by atoms with Crippen molar-refractivity contribution in [3.8, 4) is 11.1 Å². The molecule has 1 heterocycles. The first kappa shape index (κ1) is 13.7. The Labute approximate surface area is 125 Å². The molecule has 1 fully saturated rings. The third-order valence-electron chi connectivity index (χ3n) is 3.96. The van der Waals surface area contributed by atoms with E-state index in [-0.39, 0.29) is 5.97 Å². The van der Waals surface area contributed by atoms with Gasteiger partial charge < -0.3 is 9.64 Å². The van der Waals surface area contributed by atoms with Crippen LogP contribution in [-0.4, -0.2) is 26.2 Å². The number of rotatable bonds is 3. The zero-order valence-corrected chi connectivity index (χ0v) is 12.2. The van der Waals surface area contributed by atoms with Crippen molar-refractivity contribution in [3.05, 3.63) is 54.1 Å². The van der Waals surface area contributed by atoms with Gasteiger partial charge in [-0.15, -0.1) is 0 Å². The summed E-state index contributed by atoms with van der Waals surface area (Å²) in [6.45, 7) is 2.30. The lowest BCUT2D eigenvalue weighted by Crippen LogP contribution is -2.17. The van der Waals surface area contributed by atoms with Gasteiger partial charge >= 0.3 is 5.97 Å². The van der Waals surface area contributed by atoms with E-state index < -0.39 is 0 Å². The molecule has 0 amide bonds. The van der Waals surface area contributed by atoms with Gasteiger partial charge in [-0.1, -0.05) is 24.3 Å². The van der Waals surface area contributed by atoms with Gasteiger partial charge in [0.05, 0.1) is 12.7 Å². The van der Waals surface area contributed by atoms with Crippen molar-refractivity contribution >= 4 is 11.7 Å². The first-order valence-electron chi connectivity index (χ1n) is 7.32. The van der Waals surface area contributed by atoms with Crippen LogP contribution in [-0.2, 0) is 4.74 Å². The molecule has 0 saturated carbocycles. The molecule has 1 aliphatic rings. The van der Waals surface area contributed by atoms with Crippen LogP contribution in [0.3, 0.4) is 0 Å². The van der Waals surface area contributed by atoms with Gasteiger partial charge in [0.1, 0.15) is 0 Å². The van der Waals surface area contributed by atoms with E-state index in [1.165, 1.54) is 25.6 Å². The van der Waals surface area contributed by atoms with E-state index in [1.807, 2.05) is 18.2 Å². The quantitative estimate of drug-likeness (QED) is 0.803. The fraction of sp³-hybridized carbons (Fsp3) is 0.278. The van der Waals surface area contributed by atoms with Crippen molar-refractivity contribution in [2.24, 2.45) is 0 Å². The number of hydrogen-bond donors (Lipinski definition) is 0. The Balaban J connectivity index is 1.85. The van der Waals surface area contributed by atoms with Crippen LogP contribution in [0.15, 0.2) is 48.5 Å². The van der Waals surface area contributed by atoms with E-state index in [1.54, 1.807) is 6.07 Å². The van der Waals surface area contributed by atoms with E-state index in [2.05, 4.69) is 29.2 Å². The summed E-state index contributed by atoms with van der Waals surface area (Å²) in [5.74, 6) is -0.300. The Kier molecular flexibility index (Phi) is 3.91. The highest BCUT2D eigenvalue weighted by atomic mass is 16.5. The molecule has 0 N–H and O–H groups in total. The molecule has 21 heavy (non-hydrogen) atoms. The van der Waals surface area contributed by atoms with E-state index in [0.717, 1.165) is 24.2 Å². The average Bonchev–Trinajstić information content (AvgIpc) is 3.09. The number of anilines is 1. The highest BCUT2D eigenvalue weighted by Gasteiger charge is 2.12. The molecule has 0 bridgehead atoms. The fourth-order valence-electron chi connectivity index (χ4n) is 2.78. The Morgan fingerprint density at radius 2 is 1.71 bits per heavy atom. The van der Waals surface area contributed by atoms with Crippen molar-refractivity contribution in [3.63, 3.8) is 0 Å². The maximum Gasteiger partial charge on any atom is 0.337 e. The van der Waals surface area contributed by atoms with Crippen LogP contribution in [0, 0.1) is 0 Å². The standard InChI is InChI=1S/C18H19NO2/c1-21-18(20)16-6-4-5-15(13-16)14-7-9-17(10-8-14)19-11-2-3-12-19/h4-10,13H,2-3,11-12H2,1H3. The van der Waals surface area contributed by atoms with Crippen molar-refractivity contribution in [2.75, 3.05) is 25.1 Å². The second-order valence-electron chi connectivity index (χ2n) is 5.31. The van der Waals surface area contributed by atoms with Gasteiger partial charge in [-0.05, 0) is 48.2 Å². The Bertz CT molecular complexity index is 628. The second kappa shape index (κ2) is 6.00. The highest BCUT2D eigenvalue weighted by Crippen LogP contribution is 2.26. The number of benzene rings is 2. The minimum absolute atomic E-state index is 0.300. The lowest BCUT2D eigenvalue weighted by molar-refractivity contribution is 0.0601. The van der Waals surface area contributed by atoms with Crippen LogP contribution < -0.4 is 4.90 Å². The maximum atomic E-state index is 11.6. The molecular weight excluding hydrogens is 262 g/mol. The van der Waals surface area contributed by atoms with Crippen LogP contribution in [0.4, 0.5) is 5.69 Å². The maximum absolute atomic E-state index is 11.6. The third-order valence-corrected chi connectivity index (χ3v) is 3.96. The number of esters is 1.